The fourth-order valence-electron chi connectivity index (χ4n) is 3.52. The molecule has 10 heteroatoms. The molecule has 1 heterocycles. The van der Waals surface area contributed by atoms with E-state index in [-0.39, 0.29) is 11.5 Å². The van der Waals surface area contributed by atoms with Crippen molar-refractivity contribution < 1.29 is 4.74 Å². The third-order valence-electron chi connectivity index (χ3n) is 5.62. The Morgan fingerprint density at radius 3 is 2.50 bits per heavy atom. The van der Waals surface area contributed by atoms with E-state index in [9.17, 15) is 4.79 Å². The Balaban J connectivity index is 1.78. The monoisotopic (exact) mass is 757 g/mol. The second-order valence-corrected chi connectivity index (χ2v) is 12.1. The van der Waals surface area contributed by atoms with Crippen molar-refractivity contribution >= 4 is 92.4 Å². The van der Waals surface area contributed by atoms with E-state index in [1.54, 1.807) is 24.4 Å². The van der Waals surface area contributed by atoms with Crippen molar-refractivity contribution in [2.24, 2.45) is 5.10 Å². The van der Waals surface area contributed by atoms with Crippen molar-refractivity contribution in [2.75, 3.05) is 0 Å². The van der Waals surface area contributed by atoms with Crippen LogP contribution in [0, 0.1) is 0 Å². The topological polar surface area (TPSA) is 56.5 Å². The molecule has 0 saturated heterocycles. The van der Waals surface area contributed by atoms with Gasteiger partial charge in [0.1, 0.15) is 18.2 Å². The average molecular weight is 762 g/mol. The quantitative estimate of drug-likeness (QED) is 0.177. The highest BCUT2D eigenvalue weighted by molar-refractivity contribution is 9.11. The van der Waals surface area contributed by atoms with E-state index >= 15 is 0 Å². The molecule has 1 aromatic heterocycles. The standard InChI is InChI=1S/C26H20Br4ClN3O2/c1-3-14(2)25-33-23-7-6-17(27)9-20(23)26(35)34(25)32-12-16-8-19(31)11-22(30)24(16)36-13-15-4-5-18(28)10-21(15)29/h4-12,14H,3,13H2,1-2H3/t14-/m0/s1. The highest BCUT2D eigenvalue weighted by Crippen LogP contribution is 2.33. The average Bonchev–Trinajstić information content (AvgIpc) is 2.83. The number of halogens is 5. The minimum Gasteiger partial charge on any atom is -0.487 e. The zero-order valence-electron chi connectivity index (χ0n) is 19.2. The molecule has 3 aromatic carbocycles. The molecule has 0 bridgehead atoms. The van der Waals surface area contributed by atoms with Crippen molar-refractivity contribution in [3.63, 3.8) is 0 Å². The summed E-state index contributed by atoms with van der Waals surface area (Å²) < 4.78 is 10.9. The first-order chi connectivity index (χ1) is 17.2. The summed E-state index contributed by atoms with van der Waals surface area (Å²) in [4.78, 5) is 18.2. The van der Waals surface area contributed by atoms with Crippen LogP contribution < -0.4 is 10.3 Å². The number of hydrogen-bond donors (Lipinski definition) is 0. The SMILES string of the molecule is CC[C@H](C)c1nc2ccc(Br)cc2c(=O)n1N=Cc1cc(Cl)cc(Br)c1OCc1ccc(Br)cc1Br. The van der Waals surface area contributed by atoms with Gasteiger partial charge < -0.3 is 4.74 Å². The third kappa shape index (κ3) is 6.13. The Morgan fingerprint density at radius 2 is 1.78 bits per heavy atom. The summed E-state index contributed by atoms with van der Waals surface area (Å²) in [6.45, 7) is 4.40. The predicted octanol–water partition coefficient (Wildman–Crippen LogP) is 9.07. The van der Waals surface area contributed by atoms with E-state index in [2.05, 4.69) is 75.7 Å². The van der Waals surface area contributed by atoms with Gasteiger partial charge in [0, 0.05) is 35.5 Å². The van der Waals surface area contributed by atoms with E-state index < -0.39 is 0 Å². The molecule has 4 rings (SSSR count). The highest BCUT2D eigenvalue weighted by Gasteiger charge is 2.17. The molecule has 0 radical (unpaired) electrons. The van der Waals surface area contributed by atoms with Crippen LogP contribution in [0.4, 0.5) is 0 Å². The zero-order chi connectivity index (χ0) is 26.0. The zero-order valence-corrected chi connectivity index (χ0v) is 26.3. The predicted molar refractivity (Wildman–Crippen MR) is 161 cm³/mol. The van der Waals surface area contributed by atoms with Gasteiger partial charge in [-0.25, -0.2) is 4.98 Å². The van der Waals surface area contributed by atoms with Crippen LogP contribution in [0.3, 0.4) is 0 Å². The molecule has 0 spiro atoms. The highest BCUT2D eigenvalue weighted by atomic mass is 79.9. The molecule has 4 aromatic rings. The molecule has 0 fully saturated rings. The molecule has 0 aliphatic carbocycles. The van der Waals surface area contributed by atoms with Crippen LogP contribution in [0.25, 0.3) is 10.9 Å². The van der Waals surface area contributed by atoms with Crippen LogP contribution in [0.15, 0.2) is 76.3 Å². The Morgan fingerprint density at radius 1 is 1.06 bits per heavy atom. The normalized spacial score (nSPS) is 12.4. The van der Waals surface area contributed by atoms with Gasteiger partial charge in [-0.1, -0.05) is 79.3 Å². The lowest BCUT2D eigenvalue weighted by molar-refractivity contribution is 0.303. The first kappa shape index (κ1) is 27.5. The van der Waals surface area contributed by atoms with Gasteiger partial charge in [-0.3, -0.25) is 4.79 Å². The van der Waals surface area contributed by atoms with Crippen LogP contribution in [0.2, 0.25) is 5.02 Å². The van der Waals surface area contributed by atoms with Gasteiger partial charge in [0.25, 0.3) is 5.56 Å². The van der Waals surface area contributed by atoms with Crippen molar-refractivity contribution in [2.45, 2.75) is 32.8 Å². The molecule has 0 unspecified atom stereocenters. The fourth-order valence-corrected chi connectivity index (χ4v) is 5.99. The smallest absolute Gasteiger partial charge is 0.282 e. The van der Waals surface area contributed by atoms with Crippen LogP contribution in [0.1, 0.15) is 43.1 Å². The second-order valence-electron chi connectivity index (χ2n) is 8.13. The number of rotatable bonds is 7. The van der Waals surface area contributed by atoms with Gasteiger partial charge in [0.05, 0.1) is 21.6 Å². The first-order valence-electron chi connectivity index (χ1n) is 11.0. The molecule has 1 atom stereocenters. The lowest BCUT2D eigenvalue weighted by atomic mass is 10.1. The number of nitrogens with zero attached hydrogens (tertiary/aromatic N) is 3. The van der Waals surface area contributed by atoms with Crippen LogP contribution in [-0.4, -0.2) is 15.9 Å². The summed E-state index contributed by atoms with van der Waals surface area (Å²) in [6, 6.07) is 14.9. The van der Waals surface area contributed by atoms with Gasteiger partial charge in [0.2, 0.25) is 0 Å². The minimum absolute atomic E-state index is 0.0273. The molecule has 5 nitrogen and oxygen atoms in total. The molecule has 36 heavy (non-hydrogen) atoms. The van der Waals surface area contributed by atoms with Crippen LogP contribution in [-0.2, 0) is 6.61 Å². The maximum Gasteiger partial charge on any atom is 0.282 e. The summed E-state index contributed by atoms with van der Waals surface area (Å²) in [5.74, 6) is 1.18. The molecule has 0 aliphatic heterocycles. The number of benzene rings is 3. The van der Waals surface area contributed by atoms with E-state index in [1.165, 1.54) is 4.68 Å². The summed E-state index contributed by atoms with van der Waals surface area (Å²) in [5, 5.41) is 5.57. The summed E-state index contributed by atoms with van der Waals surface area (Å²) in [5.41, 5.74) is 2.00. The molecular formula is C26H20Br4ClN3O2. The number of ether oxygens (including phenoxy) is 1. The van der Waals surface area contributed by atoms with Gasteiger partial charge in [-0.2, -0.15) is 9.78 Å². The molecule has 0 saturated carbocycles. The maximum atomic E-state index is 13.5. The summed E-state index contributed by atoms with van der Waals surface area (Å²) in [6.07, 6.45) is 2.39. The van der Waals surface area contributed by atoms with E-state index in [0.29, 0.717) is 44.1 Å². The van der Waals surface area contributed by atoms with Crippen molar-refractivity contribution in [3.8, 4) is 5.75 Å². The number of aromatic nitrogens is 2. The van der Waals surface area contributed by atoms with E-state index in [1.807, 2.05) is 37.3 Å². The van der Waals surface area contributed by atoms with E-state index in [4.69, 9.17) is 21.3 Å². The maximum absolute atomic E-state index is 13.5. The Hall–Kier alpha value is -1.52. The minimum atomic E-state index is -0.241. The van der Waals surface area contributed by atoms with Crippen LogP contribution in [0.5, 0.6) is 5.75 Å². The Bertz CT molecular complexity index is 1540. The van der Waals surface area contributed by atoms with Crippen molar-refractivity contribution in [1.82, 2.24) is 9.66 Å². The van der Waals surface area contributed by atoms with E-state index in [0.717, 1.165) is 25.4 Å². The molecule has 186 valence electrons. The number of hydrogen-bond acceptors (Lipinski definition) is 4. The molecule has 0 N–H and O–H groups in total. The van der Waals surface area contributed by atoms with Crippen molar-refractivity contribution in [3.05, 3.63) is 98.7 Å². The van der Waals surface area contributed by atoms with Gasteiger partial charge >= 0.3 is 0 Å². The van der Waals surface area contributed by atoms with Gasteiger partial charge in [-0.15, -0.1) is 0 Å². The van der Waals surface area contributed by atoms with Gasteiger partial charge in [-0.05, 0) is 64.8 Å². The van der Waals surface area contributed by atoms with Crippen molar-refractivity contribution in [1.29, 1.82) is 0 Å². The summed E-state index contributed by atoms with van der Waals surface area (Å²) >= 11 is 20.4. The molecular weight excluding hydrogens is 741 g/mol. The Labute approximate surface area is 247 Å². The first-order valence-corrected chi connectivity index (χ1v) is 14.5. The second kappa shape index (κ2) is 11.9. The van der Waals surface area contributed by atoms with Crippen LogP contribution >= 0.6 is 75.3 Å². The number of fused-ring (bicyclic) bond motifs is 1. The lowest BCUT2D eigenvalue weighted by Gasteiger charge is -2.15. The third-order valence-corrected chi connectivity index (χ3v) is 8.16. The summed E-state index contributed by atoms with van der Waals surface area (Å²) in [7, 11) is 0. The molecule has 0 amide bonds. The van der Waals surface area contributed by atoms with Gasteiger partial charge in [0.15, 0.2) is 0 Å². The molecule has 0 aliphatic rings. The fraction of sp³-hybridized carbons (Fsp3) is 0.192. The largest absolute Gasteiger partial charge is 0.487 e. The Kier molecular flexibility index (Phi) is 9.09. The lowest BCUT2D eigenvalue weighted by Crippen LogP contribution is -2.23.